The number of hydrogen-bond donors (Lipinski definition) is 2. The largest absolute Gasteiger partial charge is 0.372 e. The maximum atomic E-state index is 13.8. The zero-order valence-corrected chi connectivity index (χ0v) is 15.0. The van der Waals surface area contributed by atoms with E-state index in [4.69, 9.17) is 21.1 Å². The van der Waals surface area contributed by atoms with Gasteiger partial charge in [0, 0.05) is 32.7 Å². The van der Waals surface area contributed by atoms with Crippen molar-refractivity contribution in [3.63, 3.8) is 0 Å². The molecule has 1 saturated heterocycles. The normalized spacial score (nSPS) is 22.0. The van der Waals surface area contributed by atoms with Gasteiger partial charge >= 0.3 is 0 Å². The van der Waals surface area contributed by atoms with Crippen molar-refractivity contribution in [3.8, 4) is 0 Å². The Balaban J connectivity index is 2.12. The van der Waals surface area contributed by atoms with E-state index >= 15 is 0 Å². The van der Waals surface area contributed by atoms with Crippen LogP contribution in [0.3, 0.4) is 0 Å². The summed E-state index contributed by atoms with van der Waals surface area (Å²) in [5, 5.41) is 6.25. The van der Waals surface area contributed by atoms with Gasteiger partial charge in [-0.25, -0.2) is 4.39 Å². The van der Waals surface area contributed by atoms with Crippen molar-refractivity contribution in [2.45, 2.75) is 25.6 Å². The number of carbonyl (C=O) groups is 1. The van der Waals surface area contributed by atoms with E-state index < -0.39 is 11.4 Å². The minimum absolute atomic E-state index is 0.0373. The highest BCUT2D eigenvalue weighted by Gasteiger charge is 2.31. The number of amides is 1. The van der Waals surface area contributed by atoms with Gasteiger partial charge in [-0.05, 0) is 31.5 Å². The Morgan fingerprint density at radius 1 is 1.54 bits per heavy atom. The Bertz CT molecular complexity index is 583. The standard InChI is InChI=1S/C17H24ClFN2O3/c1-17(2,23-3)16(22)21-10-12-9-20-6-7-24-15(12)11-4-5-13(18)14(19)8-11/h4-5,8,12,15,20H,6-7,9-10H2,1-3H3,(H,21,22)/t12-,15-/m0/s1. The highest BCUT2D eigenvalue weighted by Crippen LogP contribution is 2.29. The monoisotopic (exact) mass is 358 g/mol. The molecule has 134 valence electrons. The predicted molar refractivity (Wildman–Crippen MR) is 90.6 cm³/mol. The van der Waals surface area contributed by atoms with Gasteiger partial charge < -0.3 is 20.1 Å². The molecule has 1 fully saturated rings. The van der Waals surface area contributed by atoms with Crippen LogP contribution >= 0.6 is 11.6 Å². The minimum atomic E-state index is -0.902. The van der Waals surface area contributed by atoms with E-state index in [9.17, 15) is 9.18 Å². The highest BCUT2D eigenvalue weighted by atomic mass is 35.5. The van der Waals surface area contributed by atoms with Crippen LogP contribution in [0.25, 0.3) is 0 Å². The van der Waals surface area contributed by atoms with Crippen LogP contribution in [-0.2, 0) is 14.3 Å². The molecule has 1 aliphatic rings. The molecule has 2 rings (SSSR count). The van der Waals surface area contributed by atoms with Crippen molar-refractivity contribution in [1.82, 2.24) is 10.6 Å². The number of ether oxygens (including phenoxy) is 2. The molecular weight excluding hydrogens is 335 g/mol. The molecule has 2 N–H and O–H groups in total. The van der Waals surface area contributed by atoms with E-state index in [2.05, 4.69) is 10.6 Å². The van der Waals surface area contributed by atoms with Gasteiger partial charge in [-0.15, -0.1) is 0 Å². The Labute approximate surface area is 146 Å². The van der Waals surface area contributed by atoms with E-state index in [-0.39, 0.29) is 23.0 Å². The van der Waals surface area contributed by atoms with Crippen LogP contribution in [0, 0.1) is 11.7 Å². The van der Waals surface area contributed by atoms with Gasteiger partial charge in [0.25, 0.3) is 5.91 Å². The van der Waals surface area contributed by atoms with Crippen molar-refractivity contribution in [2.75, 3.05) is 33.4 Å². The number of halogens is 2. The Hall–Kier alpha value is -1.21. The SMILES string of the molecule is COC(C)(C)C(=O)NC[C@@H]1CNCCO[C@H]1c1ccc(Cl)c(F)c1. The maximum Gasteiger partial charge on any atom is 0.251 e. The first-order chi connectivity index (χ1) is 11.3. The molecule has 0 aliphatic carbocycles. The first-order valence-corrected chi connectivity index (χ1v) is 8.33. The van der Waals surface area contributed by atoms with Crippen molar-refractivity contribution in [1.29, 1.82) is 0 Å². The summed E-state index contributed by atoms with van der Waals surface area (Å²) in [5.41, 5.74) is -0.188. The number of methoxy groups -OCH3 is 1. The summed E-state index contributed by atoms with van der Waals surface area (Å²) < 4.78 is 24.9. The second kappa shape index (κ2) is 8.25. The van der Waals surface area contributed by atoms with E-state index in [1.165, 1.54) is 19.2 Å². The highest BCUT2D eigenvalue weighted by molar-refractivity contribution is 6.30. The van der Waals surface area contributed by atoms with Crippen molar-refractivity contribution >= 4 is 17.5 Å². The summed E-state index contributed by atoms with van der Waals surface area (Å²) in [6, 6.07) is 4.68. The van der Waals surface area contributed by atoms with E-state index in [0.29, 0.717) is 31.8 Å². The molecule has 1 heterocycles. The average molecular weight is 359 g/mol. The van der Waals surface area contributed by atoms with Crippen molar-refractivity contribution in [2.24, 2.45) is 5.92 Å². The quantitative estimate of drug-likeness (QED) is 0.848. The first kappa shape index (κ1) is 19.1. The second-order valence-corrected chi connectivity index (χ2v) is 6.76. The van der Waals surface area contributed by atoms with E-state index in [1.54, 1.807) is 19.9 Å². The Morgan fingerprint density at radius 3 is 2.96 bits per heavy atom. The van der Waals surface area contributed by atoms with Crippen LogP contribution in [0.4, 0.5) is 4.39 Å². The summed E-state index contributed by atoms with van der Waals surface area (Å²) in [7, 11) is 1.50. The van der Waals surface area contributed by atoms with E-state index in [0.717, 1.165) is 0 Å². The lowest BCUT2D eigenvalue weighted by atomic mass is 9.95. The van der Waals surface area contributed by atoms with Crippen LogP contribution in [0.2, 0.25) is 5.02 Å². The summed E-state index contributed by atoms with van der Waals surface area (Å²) in [6.07, 6.45) is -0.322. The van der Waals surface area contributed by atoms with Gasteiger partial charge in [0.2, 0.25) is 0 Å². The summed E-state index contributed by atoms with van der Waals surface area (Å²) in [6.45, 7) is 5.69. The van der Waals surface area contributed by atoms with Crippen LogP contribution in [0.1, 0.15) is 25.5 Å². The predicted octanol–water partition coefficient (Wildman–Crippen LogP) is 2.30. The summed E-state index contributed by atoms with van der Waals surface area (Å²) in [5.74, 6) is -0.710. The van der Waals surface area contributed by atoms with Gasteiger partial charge in [0.1, 0.15) is 11.4 Å². The van der Waals surface area contributed by atoms with Crippen LogP contribution < -0.4 is 10.6 Å². The first-order valence-electron chi connectivity index (χ1n) is 7.96. The molecular formula is C17H24ClFN2O3. The number of hydrogen-bond acceptors (Lipinski definition) is 4. The van der Waals surface area contributed by atoms with Gasteiger partial charge in [-0.2, -0.15) is 0 Å². The van der Waals surface area contributed by atoms with Gasteiger partial charge in [-0.3, -0.25) is 4.79 Å². The molecule has 0 saturated carbocycles. The Kier molecular flexibility index (Phi) is 6.57. The average Bonchev–Trinajstić information content (AvgIpc) is 2.80. The molecule has 0 aromatic heterocycles. The molecule has 1 aromatic carbocycles. The third kappa shape index (κ3) is 4.66. The minimum Gasteiger partial charge on any atom is -0.372 e. The molecule has 0 unspecified atom stereocenters. The molecule has 2 atom stereocenters. The maximum absolute atomic E-state index is 13.8. The number of nitrogens with one attached hydrogen (secondary N) is 2. The second-order valence-electron chi connectivity index (χ2n) is 6.35. The molecule has 0 bridgehead atoms. The zero-order valence-electron chi connectivity index (χ0n) is 14.2. The third-order valence-corrected chi connectivity index (χ3v) is 4.57. The van der Waals surface area contributed by atoms with Gasteiger partial charge in [0.05, 0.1) is 17.7 Å². The van der Waals surface area contributed by atoms with Crippen LogP contribution in [0.15, 0.2) is 18.2 Å². The molecule has 1 amide bonds. The smallest absolute Gasteiger partial charge is 0.251 e. The van der Waals surface area contributed by atoms with Crippen molar-refractivity contribution < 1.29 is 18.7 Å². The van der Waals surface area contributed by atoms with Crippen LogP contribution in [0.5, 0.6) is 0 Å². The number of rotatable bonds is 5. The fraction of sp³-hybridized carbons (Fsp3) is 0.588. The number of carbonyl (C=O) groups excluding carboxylic acids is 1. The lowest BCUT2D eigenvalue weighted by molar-refractivity contribution is -0.139. The van der Waals surface area contributed by atoms with Crippen LogP contribution in [-0.4, -0.2) is 44.9 Å². The van der Waals surface area contributed by atoms with Crippen molar-refractivity contribution in [3.05, 3.63) is 34.6 Å². The topological polar surface area (TPSA) is 59.6 Å². The number of benzene rings is 1. The summed E-state index contributed by atoms with van der Waals surface area (Å²) in [4.78, 5) is 12.2. The third-order valence-electron chi connectivity index (χ3n) is 4.27. The lowest BCUT2D eigenvalue weighted by Crippen LogP contribution is -2.46. The lowest BCUT2D eigenvalue weighted by Gasteiger charge is -2.28. The molecule has 24 heavy (non-hydrogen) atoms. The zero-order chi connectivity index (χ0) is 17.7. The molecule has 0 spiro atoms. The van der Waals surface area contributed by atoms with E-state index in [1.807, 2.05) is 0 Å². The molecule has 5 nitrogen and oxygen atoms in total. The fourth-order valence-electron chi connectivity index (χ4n) is 2.55. The Morgan fingerprint density at radius 2 is 2.29 bits per heavy atom. The molecule has 1 aliphatic heterocycles. The van der Waals surface area contributed by atoms with Gasteiger partial charge in [0.15, 0.2) is 0 Å². The molecule has 7 heteroatoms. The fourth-order valence-corrected chi connectivity index (χ4v) is 2.67. The summed E-state index contributed by atoms with van der Waals surface area (Å²) >= 11 is 5.76. The molecule has 1 aromatic rings. The molecule has 0 radical (unpaired) electrons. The van der Waals surface area contributed by atoms with Gasteiger partial charge in [-0.1, -0.05) is 17.7 Å².